The van der Waals surface area contributed by atoms with Crippen molar-refractivity contribution in [2.75, 3.05) is 19.8 Å². The van der Waals surface area contributed by atoms with Gasteiger partial charge in [-0.1, -0.05) is 0 Å². The van der Waals surface area contributed by atoms with Gasteiger partial charge in [-0.15, -0.1) is 11.6 Å². The molecule has 15 heavy (non-hydrogen) atoms. The summed E-state index contributed by atoms with van der Waals surface area (Å²) in [5, 5.41) is 3.24. The molecule has 3 nitrogen and oxygen atoms in total. The molecule has 0 atom stereocenters. The molecular weight excluding hydrogens is 214 g/mol. The molecule has 1 saturated carbocycles. The van der Waals surface area contributed by atoms with Crippen LogP contribution >= 0.6 is 11.6 Å². The third-order valence-corrected chi connectivity index (χ3v) is 3.24. The van der Waals surface area contributed by atoms with E-state index in [1.807, 2.05) is 6.92 Å². The fourth-order valence-corrected chi connectivity index (χ4v) is 2.08. The van der Waals surface area contributed by atoms with Crippen molar-refractivity contribution >= 4 is 17.5 Å². The van der Waals surface area contributed by atoms with Crippen molar-refractivity contribution < 1.29 is 9.53 Å². The number of nitrogens with one attached hydrogen (secondary N) is 1. The van der Waals surface area contributed by atoms with Gasteiger partial charge in [-0.25, -0.2) is 0 Å². The van der Waals surface area contributed by atoms with Gasteiger partial charge in [0.15, 0.2) is 0 Å². The highest BCUT2D eigenvalue weighted by atomic mass is 35.5. The maximum atomic E-state index is 11.2. The summed E-state index contributed by atoms with van der Waals surface area (Å²) in [6.45, 7) is 3.43. The minimum atomic E-state index is -0.00940. The molecular formula is C11H20ClNO2. The SMILES string of the molecule is CCOCC(=O)NCC1CCC(Cl)CC1. The molecule has 0 aliphatic heterocycles. The Labute approximate surface area is 96.5 Å². The summed E-state index contributed by atoms with van der Waals surface area (Å²) in [4.78, 5) is 11.2. The van der Waals surface area contributed by atoms with Gasteiger partial charge in [0, 0.05) is 18.5 Å². The molecule has 1 rings (SSSR count). The van der Waals surface area contributed by atoms with Gasteiger partial charge in [0.2, 0.25) is 5.91 Å². The predicted molar refractivity (Wildman–Crippen MR) is 61.1 cm³/mol. The van der Waals surface area contributed by atoms with Crippen molar-refractivity contribution in [2.45, 2.75) is 38.0 Å². The topological polar surface area (TPSA) is 38.3 Å². The van der Waals surface area contributed by atoms with E-state index in [-0.39, 0.29) is 12.5 Å². The molecule has 0 heterocycles. The zero-order chi connectivity index (χ0) is 11.1. The largest absolute Gasteiger partial charge is 0.372 e. The molecule has 1 fully saturated rings. The van der Waals surface area contributed by atoms with E-state index in [4.69, 9.17) is 16.3 Å². The van der Waals surface area contributed by atoms with Crippen molar-refractivity contribution in [3.63, 3.8) is 0 Å². The fourth-order valence-electron chi connectivity index (χ4n) is 1.83. The molecule has 1 amide bonds. The zero-order valence-electron chi connectivity index (χ0n) is 9.30. The summed E-state index contributed by atoms with van der Waals surface area (Å²) < 4.78 is 5.02. The number of alkyl halides is 1. The van der Waals surface area contributed by atoms with Crippen LogP contribution in [0.15, 0.2) is 0 Å². The predicted octanol–water partition coefficient (Wildman–Crippen LogP) is 1.94. The van der Waals surface area contributed by atoms with Crippen LogP contribution in [-0.4, -0.2) is 31.0 Å². The quantitative estimate of drug-likeness (QED) is 0.737. The van der Waals surface area contributed by atoms with Crippen LogP contribution in [0.2, 0.25) is 0 Å². The average Bonchev–Trinajstić information content (AvgIpc) is 2.25. The summed E-state index contributed by atoms with van der Waals surface area (Å²) in [6, 6.07) is 0. The van der Waals surface area contributed by atoms with E-state index in [1.54, 1.807) is 0 Å². The number of carbonyl (C=O) groups is 1. The van der Waals surface area contributed by atoms with Crippen LogP contribution in [-0.2, 0) is 9.53 Å². The van der Waals surface area contributed by atoms with Gasteiger partial charge in [0.1, 0.15) is 6.61 Å². The van der Waals surface area contributed by atoms with Gasteiger partial charge in [-0.2, -0.15) is 0 Å². The molecule has 1 N–H and O–H groups in total. The van der Waals surface area contributed by atoms with Crippen LogP contribution in [0.1, 0.15) is 32.6 Å². The molecule has 88 valence electrons. The van der Waals surface area contributed by atoms with Crippen LogP contribution < -0.4 is 5.32 Å². The van der Waals surface area contributed by atoms with E-state index in [0.717, 1.165) is 32.2 Å². The summed E-state index contributed by atoms with van der Waals surface area (Å²) >= 11 is 6.01. The first-order valence-corrected chi connectivity index (χ1v) is 6.14. The molecule has 4 heteroatoms. The summed E-state index contributed by atoms with van der Waals surface area (Å²) in [7, 11) is 0. The Hall–Kier alpha value is -0.280. The van der Waals surface area contributed by atoms with Crippen molar-refractivity contribution in [3.05, 3.63) is 0 Å². The van der Waals surface area contributed by atoms with Gasteiger partial charge < -0.3 is 10.1 Å². The molecule has 0 aromatic heterocycles. The minimum Gasteiger partial charge on any atom is -0.372 e. The second kappa shape index (κ2) is 7.07. The lowest BCUT2D eigenvalue weighted by Crippen LogP contribution is -2.33. The molecule has 0 spiro atoms. The lowest BCUT2D eigenvalue weighted by atomic mass is 9.89. The maximum absolute atomic E-state index is 11.2. The molecule has 1 aliphatic carbocycles. The smallest absolute Gasteiger partial charge is 0.246 e. The number of hydrogen-bond donors (Lipinski definition) is 1. The fraction of sp³-hybridized carbons (Fsp3) is 0.909. The highest BCUT2D eigenvalue weighted by Crippen LogP contribution is 2.26. The van der Waals surface area contributed by atoms with Crippen LogP contribution in [0.4, 0.5) is 0 Å². The van der Waals surface area contributed by atoms with E-state index in [2.05, 4.69) is 5.32 Å². The standard InChI is InChI=1S/C11H20ClNO2/c1-2-15-8-11(14)13-7-9-3-5-10(12)6-4-9/h9-10H,2-8H2,1H3,(H,13,14). The summed E-state index contributed by atoms with van der Waals surface area (Å²) in [6.07, 6.45) is 4.41. The van der Waals surface area contributed by atoms with Crippen molar-refractivity contribution in [1.29, 1.82) is 0 Å². The second-order valence-corrected chi connectivity index (χ2v) is 4.68. The third kappa shape index (κ3) is 5.38. The first-order chi connectivity index (χ1) is 7.22. The molecule has 0 aromatic rings. The lowest BCUT2D eigenvalue weighted by Gasteiger charge is -2.24. The maximum Gasteiger partial charge on any atom is 0.246 e. The van der Waals surface area contributed by atoms with Crippen molar-refractivity contribution in [2.24, 2.45) is 5.92 Å². The summed E-state index contributed by atoms with van der Waals surface area (Å²) in [5.74, 6) is 0.593. The molecule has 1 aliphatic rings. The third-order valence-electron chi connectivity index (χ3n) is 2.80. The van der Waals surface area contributed by atoms with Gasteiger partial charge >= 0.3 is 0 Å². The number of ether oxygens (including phenoxy) is 1. The second-order valence-electron chi connectivity index (χ2n) is 4.06. The van der Waals surface area contributed by atoms with Crippen molar-refractivity contribution in [3.8, 4) is 0 Å². The van der Waals surface area contributed by atoms with E-state index >= 15 is 0 Å². The van der Waals surface area contributed by atoms with Gasteiger partial charge in [0.05, 0.1) is 0 Å². The van der Waals surface area contributed by atoms with Gasteiger partial charge in [0.25, 0.3) is 0 Å². The van der Waals surface area contributed by atoms with E-state index in [1.165, 1.54) is 0 Å². The normalized spacial score (nSPS) is 26.3. The monoisotopic (exact) mass is 233 g/mol. The number of rotatable bonds is 5. The number of amides is 1. The minimum absolute atomic E-state index is 0.00940. The highest BCUT2D eigenvalue weighted by molar-refractivity contribution is 6.20. The van der Waals surface area contributed by atoms with Crippen LogP contribution in [0.25, 0.3) is 0 Å². The molecule has 0 bridgehead atoms. The first kappa shape index (κ1) is 12.8. The first-order valence-electron chi connectivity index (χ1n) is 5.71. The Morgan fingerprint density at radius 1 is 1.40 bits per heavy atom. The van der Waals surface area contributed by atoms with Crippen LogP contribution in [0.5, 0.6) is 0 Å². The number of carbonyl (C=O) groups excluding carboxylic acids is 1. The Bertz CT molecular complexity index is 191. The summed E-state index contributed by atoms with van der Waals surface area (Å²) in [5.41, 5.74) is 0. The van der Waals surface area contributed by atoms with E-state index < -0.39 is 0 Å². The lowest BCUT2D eigenvalue weighted by molar-refractivity contribution is -0.125. The number of halogens is 1. The molecule has 0 radical (unpaired) electrons. The van der Waals surface area contributed by atoms with Crippen LogP contribution in [0, 0.1) is 5.92 Å². The average molecular weight is 234 g/mol. The van der Waals surface area contributed by atoms with E-state index in [0.29, 0.717) is 17.9 Å². The number of hydrogen-bond acceptors (Lipinski definition) is 2. The molecule has 0 unspecified atom stereocenters. The Morgan fingerprint density at radius 3 is 2.67 bits per heavy atom. The molecule has 0 saturated heterocycles. The zero-order valence-corrected chi connectivity index (χ0v) is 10.1. The van der Waals surface area contributed by atoms with Crippen LogP contribution in [0.3, 0.4) is 0 Å². The van der Waals surface area contributed by atoms with E-state index in [9.17, 15) is 4.79 Å². The van der Waals surface area contributed by atoms with Gasteiger partial charge in [-0.05, 0) is 38.5 Å². The Balaban J connectivity index is 2.06. The Kier molecular flexibility index (Phi) is 6.03. The highest BCUT2D eigenvalue weighted by Gasteiger charge is 2.19. The van der Waals surface area contributed by atoms with Gasteiger partial charge in [-0.3, -0.25) is 4.79 Å². The molecule has 0 aromatic carbocycles. The Morgan fingerprint density at radius 2 is 2.07 bits per heavy atom. The van der Waals surface area contributed by atoms with Crippen molar-refractivity contribution in [1.82, 2.24) is 5.32 Å².